The Balaban J connectivity index is 1.42. The van der Waals surface area contributed by atoms with E-state index in [1.807, 2.05) is 31.2 Å². The Labute approximate surface area is 177 Å². The van der Waals surface area contributed by atoms with Gasteiger partial charge in [-0.2, -0.15) is 0 Å². The number of hydrogen-bond acceptors (Lipinski definition) is 7. The van der Waals surface area contributed by atoms with Gasteiger partial charge in [0.25, 0.3) is 5.91 Å². The number of carbonyl (C=O) groups excluding carboxylic acids is 1. The molecule has 0 saturated carbocycles. The topological polar surface area (TPSA) is 91.1 Å². The van der Waals surface area contributed by atoms with Crippen molar-refractivity contribution >= 4 is 5.91 Å². The minimum Gasteiger partial charge on any atom is -0.496 e. The van der Waals surface area contributed by atoms with E-state index in [0.29, 0.717) is 31.1 Å². The molecule has 1 fully saturated rings. The smallest absolute Gasteiger partial charge is 0.273 e. The van der Waals surface area contributed by atoms with Crippen LogP contribution in [-0.2, 0) is 13.0 Å². The summed E-state index contributed by atoms with van der Waals surface area (Å²) in [5.41, 5.74) is 1.35. The first kappa shape index (κ1) is 22.3. The molecule has 164 valence electrons. The lowest BCUT2D eigenvalue weighted by Crippen LogP contribution is -2.48. The summed E-state index contributed by atoms with van der Waals surface area (Å²) in [5, 5.41) is 12.7. The second kappa shape index (κ2) is 11.1. The van der Waals surface area contributed by atoms with Crippen molar-refractivity contribution in [1.29, 1.82) is 0 Å². The molecule has 1 saturated heterocycles. The molecule has 0 unspecified atom stereocenters. The van der Waals surface area contributed by atoms with Gasteiger partial charge in [-0.3, -0.25) is 14.6 Å². The van der Waals surface area contributed by atoms with Crippen molar-refractivity contribution < 1.29 is 19.1 Å². The zero-order valence-electron chi connectivity index (χ0n) is 17.8. The second-order valence-corrected chi connectivity index (χ2v) is 7.58. The number of aliphatic hydroxyl groups is 1. The van der Waals surface area contributed by atoms with Gasteiger partial charge in [0.2, 0.25) is 5.89 Å². The van der Waals surface area contributed by atoms with E-state index in [-0.39, 0.29) is 12.0 Å². The average molecular weight is 417 g/mol. The van der Waals surface area contributed by atoms with Crippen LogP contribution in [0, 0.1) is 0 Å². The Morgan fingerprint density at radius 2 is 2.00 bits per heavy atom. The zero-order valence-corrected chi connectivity index (χ0v) is 17.8. The molecule has 3 rings (SSSR count). The van der Waals surface area contributed by atoms with Crippen LogP contribution in [0.3, 0.4) is 0 Å². The lowest BCUT2D eigenvalue weighted by molar-refractivity contribution is 0.0658. The summed E-state index contributed by atoms with van der Waals surface area (Å²) in [6.45, 7) is 7.39. The number of piperazine rings is 1. The summed E-state index contributed by atoms with van der Waals surface area (Å²) < 4.78 is 10.8. The number of carbonyl (C=O) groups is 1. The monoisotopic (exact) mass is 416 g/mol. The van der Waals surface area contributed by atoms with E-state index in [4.69, 9.17) is 9.15 Å². The van der Waals surface area contributed by atoms with Crippen LogP contribution in [0.15, 0.2) is 34.9 Å². The highest BCUT2D eigenvalue weighted by Gasteiger charge is 2.21. The first-order valence-corrected chi connectivity index (χ1v) is 10.6. The lowest BCUT2D eigenvalue weighted by atomic mass is 10.1. The molecule has 0 aliphatic carbocycles. The van der Waals surface area contributed by atoms with E-state index in [2.05, 4.69) is 20.1 Å². The molecule has 1 aliphatic rings. The van der Waals surface area contributed by atoms with E-state index in [0.717, 1.165) is 50.5 Å². The first-order chi connectivity index (χ1) is 14.6. The molecule has 2 N–H and O–H groups in total. The summed E-state index contributed by atoms with van der Waals surface area (Å²) in [4.78, 5) is 21.2. The normalized spacial score (nSPS) is 16.4. The van der Waals surface area contributed by atoms with Gasteiger partial charge in [0, 0.05) is 39.3 Å². The predicted octanol–water partition coefficient (Wildman–Crippen LogP) is 1.54. The molecule has 8 nitrogen and oxygen atoms in total. The predicted molar refractivity (Wildman–Crippen MR) is 114 cm³/mol. The molecule has 1 aliphatic heterocycles. The van der Waals surface area contributed by atoms with E-state index in [9.17, 15) is 9.90 Å². The van der Waals surface area contributed by atoms with Gasteiger partial charge in [0.1, 0.15) is 12.0 Å². The van der Waals surface area contributed by atoms with Crippen LogP contribution in [0.25, 0.3) is 0 Å². The average Bonchev–Trinajstić information content (AvgIpc) is 3.24. The highest BCUT2D eigenvalue weighted by molar-refractivity contribution is 5.91. The molecule has 2 heterocycles. The summed E-state index contributed by atoms with van der Waals surface area (Å²) in [5.74, 6) is 1.13. The quantitative estimate of drug-likeness (QED) is 0.607. The number of aromatic nitrogens is 1. The standard InChI is InChI=1S/C22H32N4O4/c1-3-18(27)14-25-10-12-26(13-11-25)15-21-24-19(16-30-21)22(28)23-9-8-17-6-4-5-7-20(17)29-2/h4-7,16,18,27H,3,8-15H2,1-2H3,(H,23,28)/t18-/m0/s1. The largest absolute Gasteiger partial charge is 0.496 e. The number of nitrogens with zero attached hydrogens (tertiary/aromatic N) is 3. The van der Waals surface area contributed by atoms with Gasteiger partial charge in [-0.15, -0.1) is 0 Å². The van der Waals surface area contributed by atoms with Crippen LogP contribution >= 0.6 is 0 Å². The number of ether oxygens (including phenoxy) is 1. The summed E-state index contributed by atoms with van der Waals surface area (Å²) in [7, 11) is 1.64. The number of hydrogen-bond donors (Lipinski definition) is 2. The van der Waals surface area contributed by atoms with Crippen molar-refractivity contribution in [3.63, 3.8) is 0 Å². The molecule has 0 spiro atoms. The number of rotatable bonds is 10. The van der Waals surface area contributed by atoms with Gasteiger partial charge < -0.3 is 19.6 Å². The highest BCUT2D eigenvalue weighted by Crippen LogP contribution is 2.17. The highest BCUT2D eigenvalue weighted by atomic mass is 16.5. The van der Waals surface area contributed by atoms with Gasteiger partial charge in [-0.1, -0.05) is 25.1 Å². The Morgan fingerprint density at radius 3 is 2.73 bits per heavy atom. The molecule has 8 heteroatoms. The number of methoxy groups -OCH3 is 1. The molecular weight excluding hydrogens is 384 g/mol. The molecule has 0 radical (unpaired) electrons. The second-order valence-electron chi connectivity index (χ2n) is 7.58. The van der Waals surface area contributed by atoms with Crippen molar-refractivity contribution in [1.82, 2.24) is 20.1 Å². The zero-order chi connectivity index (χ0) is 21.3. The van der Waals surface area contributed by atoms with Crippen molar-refractivity contribution in [3.05, 3.63) is 47.7 Å². The van der Waals surface area contributed by atoms with Crippen LogP contribution in [0.1, 0.15) is 35.3 Å². The number of aliphatic hydroxyl groups excluding tert-OH is 1. The molecule has 0 bridgehead atoms. The molecular formula is C22H32N4O4. The van der Waals surface area contributed by atoms with Gasteiger partial charge >= 0.3 is 0 Å². The Kier molecular flexibility index (Phi) is 8.24. The number of benzene rings is 1. The maximum Gasteiger partial charge on any atom is 0.273 e. The number of oxazole rings is 1. The Bertz CT molecular complexity index is 802. The minimum atomic E-state index is -0.257. The fraction of sp³-hybridized carbons (Fsp3) is 0.545. The lowest BCUT2D eigenvalue weighted by Gasteiger charge is -2.34. The molecule has 30 heavy (non-hydrogen) atoms. The molecule has 1 atom stereocenters. The van der Waals surface area contributed by atoms with Crippen LogP contribution < -0.4 is 10.1 Å². The third-order valence-electron chi connectivity index (χ3n) is 5.42. The summed E-state index contributed by atoms with van der Waals surface area (Å²) >= 11 is 0. The number of para-hydroxylation sites is 1. The van der Waals surface area contributed by atoms with Crippen molar-refractivity contribution in [2.75, 3.05) is 46.4 Å². The maximum absolute atomic E-state index is 12.4. The van der Waals surface area contributed by atoms with Crippen LogP contribution in [0.5, 0.6) is 5.75 Å². The van der Waals surface area contributed by atoms with Gasteiger partial charge in [0.15, 0.2) is 5.69 Å². The van der Waals surface area contributed by atoms with E-state index < -0.39 is 0 Å². The third-order valence-corrected chi connectivity index (χ3v) is 5.42. The van der Waals surface area contributed by atoms with Crippen molar-refractivity contribution in [3.8, 4) is 5.75 Å². The number of β-amino-alcohol motifs (C(OH)–C–C–N with tert-alkyl or cyclic N) is 1. The maximum atomic E-state index is 12.4. The van der Waals surface area contributed by atoms with E-state index >= 15 is 0 Å². The van der Waals surface area contributed by atoms with Crippen LogP contribution in [-0.4, -0.2) is 78.3 Å². The number of nitrogens with one attached hydrogen (secondary N) is 1. The summed E-state index contributed by atoms with van der Waals surface area (Å²) in [6, 6.07) is 7.77. The fourth-order valence-electron chi connectivity index (χ4n) is 3.55. The number of amides is 1. The summed E-state index contributed by atoms with van der Waals surface area (Å²) in [6.07, 6.45) is 2.62. The fourth-order valence-corrected chi connectivity index (χ4v) is 3.55. The van der Waals surface area contributed by atoms with E-state index in [1.54, 1.807) is 7.11 Å². The first-order valence-electron chi connectivity index (χ1n) is 10.6. The SMILES string of the molecule is CC[C@H](O)CN1CCN(Cc2nc(C(=O)NCCc3ccccc3OC)co2)CC1. The molecule has 2 aromatic rings. The van der Waals surface area contributed by atoms with Gasteiger partial charge in [-0.05, 0) is 24.5 Å². The minimum absolute atomic E-state index is 0.238. The molecule has 1 amide bonds. The molecule has 1 aromatic carbocycles. The van der Waals surface area contributed by atoms with E-state index in [1.165, 1.54) is 6.26 Å². The Hall–Kier alpha value is -2.42. The molecule has 1 aromatic heterocycles. The van der Waals surface area contributed by atoms with Crippen molar-refractivity contribution in [2.24, 2.45) is 0 Å². The van der Waals surface area contributed by atoms with Gasteiger partial charge in [0.05, 0.1) is 19.8 Å². The Morgan fingerprint density at radius 1 is 1.27 bits per heavy atom. The van der Waals surface area contributed by atoms with Crippen molar-refractivity contribution in [2.45, 2.75) is 32.4 Å². The van der Waals surface area contributed by atoms with Crippen LogP contribution in [0.4, 0.5) is 0 Å². The van der Waals surface area contributed by atoms with Crippen LogP contribution in [0.2, 0.25) is 0 Å². The van der Waals surface area contributed by atoms with Gasteiger partial charge in [-0.25, -0.2) is 4.98 Å². The third kappa shape index (κ3) is 6.29.